The predicted molar refractivity (Wildman–Crippen MR) is 235 cm³/mol. The highest BCUT2D eigenvalue weighted by molar-refractivity contribution is 8.00. The Bertz CT molecular complexity index is 2050. The lowest BCUT2D eigenvalue weighted by atomic mass is 9.51. The third-order valence-electron chi connectivity index (χ3n) is 14.7. The van der Waals surface area contributed by atoms with Gasteiger partial charge in [-0.05, 0) is 98.5 Å². The van der Waals surface area contributed by atoms with Crippen LogP contribution in [0.5, 0.6) is 0 Å². The molecule has 9 rings (SSSR count). The molecule has 1 unspecified atom stereocenters. The van der Waals surface area contributed by atoms with Gasteiger partial charge >= 0.3 is 12.2 Å². The van der Waals surface area contributed by atoms with Gasteiger partial charge in [0.25, 0.3) is 0 Å². The SMILES string of the molecule is COC(=O)N[C@H](C(=O)N1CCC[C@H]1c1ncc(C23CCC(c4ccc(-c5cnc([C@@H]6CSC(C7CCOCC7)N6C(=O)[C@@H](NC(=O)OC)C(C)C)[nH]5)cc4)(CC2)CC3)[nH]1)C(C)C. The van der Waals surface area contributed by atoms with E-state index >= 15 is 0 Å². The summed E-state index contributed by atoms with van der Waals surface area (Å²) in [5, 5.41) is 5.50. The number of imidazole rings is 2. The number of aromatic amines is 2. The molecule has 4 N–H and O–H groups in total. The molecule has 6 aliphatic rings. The number of rotatable bonds is 12. The summed E-state index contributed by atoms with van der Waals surface area (Å²) in [7, 11) is 2.63. The van der Waals surface area contributed by atoms with Gasteiger partial charge in [-0.1, -0.05) is 52.0 Å². The molecule has 3 aromatic rings. The number of methoxy groups -OCH3 is 2. The molecule has 15 nitrogen and oxygen atoms in total. The number of hydrogen-bond donors (Lipinski definition) is 4. The smallest absolute Gasteiger partial charge is 0.407 e. The van der Waals surface area contributed by atoms with Gasteiger partial charge in [-0.15, -0.1) is 11.8 Å². The fourth-order valence-electron chi connectivity index (χ4n) is 10.9. The van der Waals surface area contributed by atoms with E-state index in [2.05, 4.69) is 44.9 Å². The van der Waals surface area contributed by atoms with Crippen LogP contribution in [-0.2, 0) is 34.6 Å². The number of nitrogens with zero attached hydrogens (tertiary/aromatic N) is 4. The second-order valence-corrected chi connectivity index (χ2v) is 20.0. The summed E-state index contributed by atoms with van der Waals surface area (Å²) in [6, 6.07) is 7.18. The summed E-state index contributed by atoms with van der Waals surface area (Å²) in [6.07, 6.45) is 12.7. The molecule has 336 valence electrons. The van der Waals surface area contributed by atoms with Crippen molar-refractivity contribution in [2.45, 2.75) is 132 Å². The minimum atomic E-state index is -0.726. The fourth-order valence-corrected chi connectivity index (χ4v) is 12.5. The number of nitrogens with one attached hydrogen (secondary N) is 4. The van der Waals surface area contributed by atoms with E-state index in [0.29, 0.717) is 31.4 Å². The topological polar surface area (TPSA) is 184 Å². The quantitative estimate of drug-likeness (QED) is 0.146. The Morgan fingerprint density at radius 1 is 0.774 bits per heavy atom. The van der Waals surface area contributed by atoms with E-state index in [9.17, 15) is 19.2 Å². The van der Waals surface area contributed by atoms with Gasteiger partial charge in [0, 0.05) is 42.8 Å². The van der Waals surface area contributed by atoms with Crippen molar-refractivity contribution in [2.24, 2.45) is 17.8 Å². The Balaban J connectivity index is 0.939. The van der Waals surface area contributed by atoms with Crippen molar-refractivity contribution in [1.82, 2.24) is 40.4 Å². The Morgan fingerprint density at radius 3 is 1.97 bits per heavy atom. The van der Waals surface area contributed by atoms with Gasteiger partial charge in [0.15, 0.2) is 0 Å². The van der Waals surface area contributed by atoms with Gasteiger partial charge < -0.3 is 44.6 Å². The summed E-state index contributed by atoms with van der Waals surface area (Å²) in [5.74, 6) is 2.15. The van der Waals surface area contributed by atoms with E-state index in [1.807, 2.05) is 49.9 Å². The van der Waals surface area contributed by atoms with Crippen LogP contribution in [0.4, 0.5) is 9.59 Å². The number of alkyl carbamates (subject to hydrolysis) is 2. The maximum Gasteiger partial charge on any atom is 0.407 e. The summed E-state index contributed by atoms with van der Waals surface area (Å²) in [5.41, 5.74) is 4.68. The number of thioether (sulfide) groups is 1. The van der Waals surface area contributed by atoms with Crippen LogP contribution < -0.4 is 10.6 Å². The maximum absolute atomic E-state index is 14.4. The molecule has 3 aliphatic carbocycles. The zero-order chi connectivity index (χ0) is 43.8. The molecular weight excluding hydrogens is 809 g/mol. The standard InChI is InChI=1S/C46H64N8O7S/c1-27(2)36(51-43(57)59-5)40(55)53-21-7-8-33(53)38-48-25-35(50-38)46-18-15-45(16-19-46,17-20-46)31-11-9-29(10-12-31)32-24-47-39(49-32)34-26-62-42(30-13-22-61-23-14-30)54(34)41(56)37(28(3)4)52-44(58)60-6/h9-12,24-25,27-28,30,33-34,36-37,42H,7-8,13-23,26H2,1-6H3,(H,47,49)(H,48,50)(H,51,57)(H,52,58)/t33-,34-,36-,37-,42?,45?,46?/m0/s1. The predicted octanol–water partition coefficient (Wildman–Crippen LogP) is 7.14. The third-order valence-corrected chi connectivity index (χ3v) is 16.2. The lowest BCUT2D eigenvalue weighted by Gasteiger charge is -2.53. The first-order valence-electron chi connectivity index (χ1n) is 22.6. The van der Waals surface area contributed by atoms with Gasteiger partial charge in [0.1, 0.15) is 29.8 Å². The Morgan fingerprint density at radius 2 is 1.35 bits per heavy atom. The number of hydrogen-bond acceptors (Lipinski definition) is 10. The van der Waals surface area contributed by atoms with E-state index in [0.717, 1.165) is 87.1 Å². The van der Waals surface area contributed by atoms with Crippen LogP contribution in [0.15, 0.2) is 36.7 Å². The average Bonchev–Trinajstić information content (AvgIpc) is 4.14. The minimum absolute atomic E-state index is 0.0431. The van der Waals surface area contributed by atoms with Gasteiger partial charge in [0.2, 0.25) is 11.8 Å². The molecule has 0 radical (unpaired) electrons. The molecule has 2 bridgehead atoms. The van der Waals surface area contributed by atoms with Gasteiger partial charge in [0.05, 0.1) is 37.5 Å². The van der Waals surface area contributed by atoms with Crippen molar-refractivity contribution >= 4 is 35.8 Å². The number of fused-ring (bicyclic) bond motifs is 3. The summed E-state index contributed by atoms with van der Waals surface area (Å²) in [6.45, 7) is 9.73. The molecule has 62 heavy (non-hydrogen) atoms. The minimum Gasteiger partial charge on any atom is -0.453 e. The molecular formula is C46H64N8O7S. The van der Waals surface area contributed by atoms with E-state index in [-0.39, 0.29) is 51.9 Å². The van der Waals surface area contributed by atoms with Crippen LogP contribution in [0.2, 0.25) is 0 Å². The highest BCUT2D eigenvalue weighted by Crippen LogP contribution is 2.58. The van der Waals surface area contributed by atoms with Crippen LogP contribution in [0.1, 0.15) is 127 Å². The summed E-state index contributed by atoms with van der Waals surface area (Å²) in [4.78, 5) is 73.5. The lowest BCUT2D eigenvalue weighted by molar-refractivity contribution is -0.138. The molecule has 4 amide bonds. The van der Waals surface area contributed by atoms with Crippen LogP contribution in [-0.4, -0.2) is 111 Å². The monoisotopic (exact) mass is 872 g/mol. The van der Waals surface area contributed by atoms with Crippen molar-refractivity contribution in [3.05, 3.63) is 59.6 Å². The lowest BCUT2D eigenvalue weighted by Crippen LogP contribution is -2.54. The van der Waals surface area contributed by atoms with Crippen molar-refractivity contribution in [3.8, 4) is 11.3 Å². The number of likely N-dealkylation sites (tertiary alicyclic amines) is 1. The van der Waals surface area contributed by atoms with E-state index in [1.54, 1.807) is 11.8 Å². The number of carbonyl (C=O) groups excluding carboxylic acids is 4. The maximum atomic E-state index is 14.4. The van der Waals surface area contributed by atoms with Crippen molar-refractivity contribution in [2.75, 3.05) is 39.7 Å². The molecule has 0 spiro atoms. The molecule has 6 fully saturated rings. The molecule has 5 atom stereocenters. The fraction of sp³-hybridized carbons (Fsp3) is 0.652. The van der Waals surface area contributed by atoms with E-state index < -0.39 is 24.3 Å². The second-order valence-electron chi connectivity index (χ2n) is 18.8. The van der Waals surface area contributed by atoms with Gasteiger partial charge in [-0.2, -0.15) is 0 Å². The van der Waals surface area contributed by atoms with Crippen molar-refractivity contribution < 1.29 is 33.4 Å². The van der Waals surface area contributed by atoms with Crippen LogP contribution in [0.25, 0.3) is 11.3 Å². The number of carbonyl (C=O) groups is 4. The normalized spacial score (nSPS) is 27.4. The summed E-state index contributed by atoms with van der Waals surface area (Å²) >= 11 is 1.79. The van der Waals surface area contributed by atoms with Crippen molar-refractivity contribution in [3.63, 3.8) is 0 Å². The Hall–Kier alpha value is -4.57. The van der Waals surface area contributed by atoms with Crippen LogP contribution in [0.3, 0.4) is 0 Å². The van der Waals surface area contributed by atoms with Crippen molar-refractivity contribution in [1.29, 1.82) is 0 Å². The number of H-pyrrole nitrogens is 2. The molecule has 2 aromatic heterocycles. The van der Waals surface area contributed by atoms with E-state index in [1.165, 1.54) is 25.5 Å². The molecule has 3 aliphatic heterocycles. The van der Waals surface area contributed by atoms with Crippen LogP contribution in [0, 0.1) is 17.8 Å². The first-order chi connectivity index (χ1) is 29.9. The largest absolute Gasteiger partial charge is 0.453 e. The third kappa shape index (κ3) is 8.45. The highest BCUT2D eigenvalue weighted by atomic mass is 32.2. The second kappa shape index (κ2) is 18.3. The highest BCUT2D eigenvalue weighted by Gasteiger charge is 2.51. The Labute approximate surface area is 369 Å². The number of amides is 4. The first-order valence-corrected chi connectivity index (χ1v) is 23.6. The zero-order valence-electron chi connectivity index (χ0n) is 37.0. The van der Waals surface area contributed by atoms with Gasteiger partial charge in [-0.3, -0.25) is 9.59 Å². The molecule has 16 heteroatoms. The Kier molecular flexibility index (Phi) is 13.0. The number of aromatic nitrogens is 4. The first kappa shape index (κ1) is 44.1. The molecule has 3 saturated heterocycles. The van der Waals surface area contributed by atoms with Gasteiger partial charge in [-0.25, -0.2) is 19.6 Å². The molecule has 3 saturated carbocycles. The molecule has 5 heterocycles. The summed E-state index contributed by atoms with van der Waals surface area (Å²) < 4.78 is 15.4. The molecule has 1 aromatic carbocycles. The van der Waals surface area contributed by atoms with E-state index in [4.69, 9.17) is 24.2 Å². The number of benzene rings is 1. The zero-order valence-corrected chi connectivity index (χ0v) is 37.9. The van der Waals surface area contributed by atoms with Crippen LogP contribution >= 0.6 is 11.8 Å². The average molecular weight is 873 g/mol. The number of ether oxygens (including phenoxy) is 3.